The van der Waals surface area contributed by atoms with Crippen molar-refractivity contribution in [2.45, 2.75) is 35.8 Å². The lowest BCUT2D eigenvalue weighted by atomic mass is 10.0. The number of para-hydroxylation sites is 1. The number of likely N-dealkylation sites (tertiary alicyclic amines) is 1. The zero-order chi connectivity index (χ0) is 29.6. The molecule has 1 fully saturated rings. The lowest BCUT2D eigenvalue weighted by Crippen LogP contribution is -2.47. The first-order valence-electron chi connectivity index (χ1n) is 10.8. The Morgan fingerprint density at radius 1 is 1.00 bits per heavy atom. The average molecular weight is 587 g/mol. The van der Waals surface area contributed by atoms with E-state index in [0.717, 1.165) is 25.1 Å². The summed E-state index contributed by atoms with van der Waals surface area (Å²) in [6.45, 7) is 2.70. The number of hydrogen-bond acceptors (Lipinski definition) is 7. The monoisotopic (exact) mass is 587 g/mol. The highest BCUT2D eigenvalue weighted by atomic mass is 32.2. The maximum absolute atomic E-state index is 12.8. The Labute approximate surface area is 218 Å². The largest absolute Gasteiger partial charge is 0.490 e. The summed E-state index contributed by atoms with van der Waals surface area (Å²) >= 11 is 0. The second-order valence-electron chi connectivity index (χ2n) is 8.42. The molecule has 1 unspecified atom stereocenters. The van der Waals surface area contributed by atoms with Crippen LogP contribution in [0.15, 0.2) is 53.7 Å². The average Bonchev–Trinajstić information content (AvgIpc) is 3.17. The first kappa shape index (κ1) is 31.8. The third kappa shape index (κ3) is 8.79. The van der Waals surface area contributed by atoms with Crippen molar-refractivity contribution >= 4 is 22.0 Å². The number of halogens is 6. The molecule has 1 atom stereocenters. The molecule has 0 bridgehead atoms. The molecule has 2 aromatic rings. The third-order valence-corrected chi connectivity index (χ3v) is 7.23. The number of aromatic nitrogens is 1. The molecule has 3 heterocycles. The van der Waals surface area contributed by atoms with Gasteiger partial charge in [-0.15, -0.1) is 0 Å². The second-order valence-corrected chi connectivity index (χ2v) is 10.4. The number of benzene rings is 1. The summed E-state index contributed by atoms with van der Waals surface area (Å²) in [6, 6.07) is 10.9. The van der Waals surface area contributed by atoms with Crippen molar-refractivity contribution in [1.82, 2.24) is 14.2 Å². The minimum absolute atomic E-state index is 0.250. The molecule has 2 aliphatic heterocycles. The van der Waals surface area contributed by atoms with Crippen LogP contribution in [-0.2, 0) is 26.2 Å². The number of fused-ring (bicyclic) bond motifs is 1. The summed E-state index contributed by atoms with van der Waals surface area (Å²) < 4.78 is 96.7. The van der Waals surface area contributed by atoms with Crippen molar-refractivity contribution in [3.8, 4) is 5.75 Å². The van der Waals surface area contributed by atoms with Gasteiger partial charge < -0.3 is 14.9 Å². The quantitative estimate of drug-likeness (QED) is 0.508. The van der Waals surface area contributed by atoms with Gasteiger partial charge in [-0.2, -0.15) is 30.6 Å². The van der Waals surface area contributed by atoms with Gasteiger partial charge in [0.15, 0.2) is 0 Å². The predicted octanol–water partition coefficient (Wildman–Crippen LogP) is 3.01. The van der Waals surface area contributed by atoms with Crippen molar-refractivity contribution in [2.75, 3.05) is 26.7 Å². The standard InChI is InChI=1S/C18H21N3O3S.2C2HF3O2/c1-20-13-18(24-16-6-2-3-7-17(16)25(20,22)23)8-10-21(14-18)12-15-5-4-9-19-11-15;2*3-2(4,5)1(6)7/h2-7,9,11H,8,10,12-14H2,1H3;2*(H,6,7). The third-order valence-electron chi connectivity index (χ3n) is 5.38. The predicted molar refractivity (Wildman–Crippen MR) is 121 cm³/mol. The molecular formula is C22H23F6N3O7S. The van der Waals surface area contributed by atoms with Gasteiger partial charge in [-0.1, -0.05) is 18.2 Å². The molecule has 0 saturated carbocycles. The zero-order valence-corrected chi connectivity index (χ0v) is 20.9. The van der Waals surface area contributed by atoms with Crippen LogP contribution in [0.1, 0.15) is 12.0 Å². The van der Waals surface area contributed by atoms with Crippen LogP contribution in [0.3, 0.4) is 0 Å². The Morgan fingerprint density at radius 3 is 2.08 bits per heavy atom. The Balaban J connectivity index is 0.000000317. The van der Waals surface area contributed by atoms with E-state index in [0.29, 0.717) is 18.8 Å². The number of pyridine rings is 1. The number of nitrogens with zero attached hydrogens (tertiary/aromatic N) is 3. The molecule has 10 nitrogen and oxygen atoms in total. The van der Waals surface area contributed by atoms with Gasteiger partial charge in [0.25, 0.3) is 0 Å². The molecular weight excluding hydrogens is 564 g/mol. The van der Waals surface area contributed by atoms with E-state index in [1.807, 2.05) is 18.3 Å². The van der Waals surface area contributed by atoms with E-state index < -0.39 is 39.9 Å². The number of aliphatic carboxylic acids is 2. The fourth-order valence-corrected chi connectivity index (χ4v) is 5.05. The van der Waals surface area contributed by atoms with Gasteiger partial charge in [-0.3, -0.25) is 9.88 Å². The number of rotatable bonds is 2. The summed E-state index contributed by atoms with van der Waals surface area (Å²) in [4.78, 5) is 24.5. The Kier molecular flexibility index (Phi) is 9.91. The highest BCUT2D eigenvalue weighted by Gasteiger charge is 2.46. The van der Waals surface area contributed by atoms with E-state index in [1.54, 1.807) is 31.4 Å². The maximum atomic E-state index is 12.8. The topological polar surface area (TPSA) is 137 Å². The Morgan fingerprint density at radius 2 is 1.56 bits per heavy atom. The number of ether oxygens (including phenoxy) is 1. The van der Waals surface area contributed by atoms with E-state index in [1.165, 1.54) is 4.31 Å². The van der Waals surface area contributed by atoms with Crippen LogP contribution in [-0.4, -0.2) is 89.4 Å². The highest BCUT2D eigenvalue weighted by Crippen LogP contribution is 2.38. The van der Waals surface area contributed by atoms with E-state index in [9.17, 15) is 34.8 Å². The smallest absolute Gasteiger partial charge is 0.483 e. The summed E-state index contributed by atoms with van der Waals surface area (Å²) in [7, 11) is -1.89. The lowest BCUT2D eigenvalue weighted by molar-refractivity contribution is -0.193. The van der Waals surface area contributed by atoms with Crippen molar-refractivity contribution in [1.29, 1.82) is 0 Å². The van der Waals surface area contributed by atoms with Gasteiger partial charge in [0.2, 0.25) is 10.0 Å². The number of hydrogen-bond donors (Lipinski definition) is 2. The van der Waals surface area contributed by atoms with Gasteiger partial charge in [0.1, 0.15) is 16.2 Å². The number of alkyl halides is 6. The normalized spacial score (nSPS) is 20.8. The molecule has 39 heavy (non-hydrogen) atoms. The van der Waals surface area contributed by atoms with Gasteiger partial charge in [-0.05, 0) is 23.8 Å². The molecule has 0 aliphatic carbocycles. The summed E-state index contributed by atoms with van der Waals surface area (Å²) in [5, 5.41) is 14.2. The molecule has 0 radical (unpaired) electrons. The molecule has 1 aromatic carbocycles. The van der Waals surface area contributed by atoms with Gasteiger partial charge in [-0.25, -0.2) is 18.0 Å². The van der Waals surface area contributed by atoms with E-state index in [4.69, 9.17) is 24.5 Å². The molecule has 1 spiro atoms. The Bertz CT molecular complexity index is 1230. The van der Waals surface area contributed by atoms with Crippen LogP contribution in [0.4, 0.5) is 26.3 Å². The number of likely N-dealkylation sites (N-methyl/N-ethyl adjacent to an activating group) is 1. The van der Waals surface area contributed by atoms with Crippen LogP contribution in [0.5, 0.6) is 5.75 Å². The minimum atomic E-state index is -5.08. The first-order valence-corrected chi connectivity index (χ1v) is 12.3. The molecule has 2 N–H and O–H groups in total. The van der Waals surface area contributed by atoms with Gasteiger partial charge in [0, 0.05) is 45.5 Å². The number of carboxylic acids is 2. The zero-order valence-electron chi connectivity index (χ0n) is 20.1. The highest BCUT2D eigenvalue weighted by molar-refractivity contribution is 7.89. The summed E-state index contributed by atoms with van der Waals surface area (Å²) in [6.07, 6.45) is -5.74. The van der Waals surface area contributed by atoms with Crippen LogP contribution in [0.2, 0.25) is 0 Å². The molecule has 0 amide bonds. The number of sulfonamides is 1. The maximum Gasteiger partial charge on any atom is 0.490 e. The first-order chi connectivity index (χ1) is 17.9. The van der Waals surface area contributed by atoms with E-state index >= 15 is 0 Å². The minimum Gasteiger partial charge on any atom is -0.483 e. The lowest BCUT2D eigenvalue weighted by Gasteiger charge is -2.30. The van der Waals surface area contributed by atoms with Crippen molar-refractivity contribution in [3.05, 3.63) is 54.4 Å². The summed E-state index contributed by atoms with van der Waals surface area (Å²) in [5.74, 6) is -5.06. The SMILES string of the molecule is CN1CC2(CCN(Cc3cccnc3)C2)Oc2ccccc2S1(=O)=O.O=C(O)C(F)(F)F.O=C(O)C(F)(F)F. The van der Waals surface area contributed by atoms with Gasteiger partial charge >= 0.3 is 24.3 Å². The molecule has 1 saturated heterocycles. The van der Waals surface area contributed by atoms with Crippen LogP contribution < -0.4 is 4.74 Å². The van der Waals surface area contributed by atoms with E-state index in [-0.39, 0.29) is 4.90 Å². The molecule has 216 valence electrons. The van der Waals surface area contributed by atoms with Crippen LogP contribution in [0, 0.1) is 0 Å². The molecule has 17 heteroatoms. The van der Waals surface area contributed by atoms with Crippen molar-refractivity contribution in [3.63, 3.8) is 0 Å². The summed E-state index contributed by atoms with van der Waals surface area (Å²) in [5.41, 5.74) is 0.630. The number of carboxylic acid groups (broad SMARTS) is 2. The molecule has 4 rings (SSSR count). The van der Waals surface area contributed by atoms with Crippen LogP contribution in [0.25, 0.3) is 0 Å². The second kappa shape index (κ2) is 12.2. The molecule has 2 aliphatic rings. The Hall–Kier alpha value is -3.44. The van der Waals surface area contributed by atoms with Crippen molar-refractivity contribution in [2.24, 2.45) is 0 Å². The van der Waals surface area contributed by atoms with Gasteiger partial charge in [0.05, 0.1) is 6.54 Å². The van der Waals surface area contributed by atoms with Crippen LogP contribution >= 0.6 is 0 Å². The number of carbonyl (C=O) groups is 2. The fourth-order valence-electron chi connectivity index (χ4n) is 3.70. The van der Waals surface area contributed by atoms with Crippen molar-refractivity contribution < 1.29 is 59.3 Å². The van der Waals surface area contributed by atoms with E-state index in [2.05, 4.69) is 16.0 Å². The fraction of sp³-hybridized carbons (Fsp3) is 0.409. The molecule has 1 aromatic heterocycles.